The van der Waals surface area contributed by atoms with Gasteiger partial charge >= 0.3 is 0 Å². The molecular weight excluding hydrogens is 432 g/mol. The average Bonchev–Trinajstić information content (AvgIpc) is 3.58. The average molecular weight is 454 g/mol. The number of hydrogen-bond donors (Lipinski definition) is 2. The molecule has 6 rings (SSSR count). The van der Waals surface area contributed by atoms with Crippen molar-refractivity contribution in [2.45, 2.75) is 24.9 Å². The van der Waals surface area contributed by atoms with Crippen LogP contribution in [0.1, 0.15) is 29.4 Å². The van der Waals surface area contributed by atoms with E-state index in [9.17, 15) is 9.59 Å². The molecule has 4 aromatic rings. The van der Waals surface area contributed by atoms with Gasteiger partial charge in [0, 0.05) is 24.0 Å². The number of nitrogens with two attached hydrogens (primary N) is 1. The summed E-state index contributed by atoms with van der Waals surface area (Å²) in [6.45, 7) is 0.805. The number of nitrogen functional groups attached to an aromatic ring is 1. The van der Waals surface area contributed by atoms with Crippen LogP contribution in [0.5, 0.6) is 0 Å². The van der Waals surface area contributed by atoms with Crippen LogP contribution in [0.25, 0.3) is 22.3 Å². The van der Waals surface area contributed by atoms with Crippen molar-refractivity contribution in [3.63, 3.8) is 0 Å². The van der Waals surface area contributed by atoms with E-state index in [2.05, 4.69) is 20.3 Å². The third-order valence-electron chi connectivity index (χ3n) is 6.77. The molecule has 2 bridgehead atoms. The van der Waals surface area contributed by atoms with Gasteiger partial charge in [0.15, 0.2) is 5.65 Å². The van der Waals surface area contributed by atoms with Crippen LogP contribution in [-0.2, 0) is 4.79 Å². The summed E-state index contributed by atoms with van der Waals surface area (Å²) in [7, 11) is 0. The normalized spacial score (nSPS) is 21.2. The topological polar surface area (TPSA) is 132 Å². The highest BCUT2D eigenvalue weighted by Gasteiger charge is 2.46. The Kier molecular flexibility index (Phi) is 4.72. The molecule has 10 heteroatoms. The first-order chi connectivity index (χ1) is 16.6. The van der Waals surface area contributed by atoms with Gasteiger partial charge in [-0.1, -0.05) is 18.2 Å². The largest absolute Gasteiger partial charge is 0.383 e. The second kappa shape index (κ2) is 7.91. The highest BCUT2D eigenvalue weighted by molar-refractivity contribution is 6.03. The van der Waals surface area contributed by atoms with E-state index in [0.29, 0.717) is 39.8 Å². The van der Waals surface area contributed by atoms with Crippen molar-refractivity contribution in [2.75, 3.05) is 17.6 Å². The molecule has 34 heavy (non-hydrogen) atoms. The highest BCUT2D eigenvalue weighted by atomic mass is 16.2. The van der Waals surface area contributed by atoms with Crippen molar-refractivity contribution in [3.05, 3.63) is 60.7 Å². The van der Waals surface area contributed by atoms with Crippen molar-refractivity contribution in [1.29, 1.82) is 0 Å². The van der Waals surface area contributed by atoms with E-state index in [1.165, 1.54) is 6.33 Å². The molecule has 3 aromatic heterocycles. The number of carbonyl (C=O) groups excluding carboxylic acids is 2. The van der Waals surface area contributed by atoms with Gasteiger partial charge in [-0.3, -0.25) is 14.6 Å². The molecule has 1 aliphatic heterocycles. The third kappa shape index (κ3) is 3.26. The SMILES string of the molecule is Nc1ncnc2c1c(-c1ccc(NC(=O)c3ccccn3)cc1)nn2C1CC2CC1N(C=O)C2. The minimum Gasteiger partial charge on any atom is -0.383 e. The van der Waals surface area contributed by atoms with Crippen molar-refractivity contribution in [1.82, 2.24) is 29.6 Å². The fraction of sp³-hybridized carbons (Fsp3) is 0.250. The molecule has 3 N–H and O–H groups in total. The molecule has 1 aromatic carbocycles. The van der Waals surface area contributed by atoms with Gasteiger partial charge < -0.3 is 16.0 Å². The van der Waals surface area contributed by atoms with Gasteiger partial charge in [-0.2, -0.15) is 5.10 Å². The lowest BCUT2D eigenvalue weighted by Gasteiger charge is -2.30. The second-order valence-corrected chi connectivity index (χ2v) is 8.77. The van der Waals surface area contributed by atoms with Crippen LogP contribution in [0.2, 0.25) is 0 Å². The van der Waals surface area contributed by atoms with E-state index in [1.807, 2.05) is 33.8 Å². The summed E-state index contributed by atoms with van der Waals surface area (Å²) in [5.41, 5.74) is 9.42. The fourth-order valence-electron chi connectivity index (χ4n) is 5.25. The van der Waals surface area contributed by atoms with Gasteiger partial charge in [-0.25, -0.2) is 14.6 Å². The first-order valence-corrected chi connectivity index (χ1v) is 11.1. The molecule has 0 spiro atoms. The molecule has 1 saturated heterocycles. The molecule has 3 atom stereocenters. The Bertz CT molecular complexity index is 1390. The van der Waals surface area contributed by atoms with Crippen LogP contribution >= 0.6 is 0 Å². The Hall–Kier alpha value is -4.34. The quantitative estimate of drug-likeness (QED) is 0.443. The summed E-state index contributed by atoms with van der Waals surface area (Å²) in [5, 5.41) is 8.46. The van der Waals surface area contributed by atoms with Crippen molar-refractivity contribution < 1.29 is 9.59 Å². The number of benzene rings is 1. The minimum atomic E-state index is -0.281. The number of aromatic nitrogens is 5. The zero-order valence-corrected chi connectivity index (χ0v) is 18.2. The summed E-state index contributed by atoms with van der Waals surface area (Å²) < 4.78 is 1.92. The Labute approximate surface area is 194 Å². The number of carbonyl (C=O) groups is 2. The number of nitrogens with one attached hydrogen (secondary N) is 1. The number of piperidine rings is 1. The second-order valence-electron chi connectivity index (χ2n) is 8.77. The zero-order chi connectivity index (χ0) is 23.2. The molecule has 4 heterocycles. The molecule has 10 nitrogen and oxygen atoms in total. The standard InChI is InChI=1S/C24H22N8O2/c25-22-20-21(15-4-6-16(7-5-15)29-24(34)17-3-1-2-8-26-17)30-32(23(20)28-12-27-22)19-10-14-9-18(19)31(11-14)13-33/h1-8,12-14,18-19H,9-11H2,(H,29,34)(H2,25,27,28). The number of amides is 2. The minimum absolute atomic E-state index is 0.0476. The van der Waals surface area contributed by atoms with Crippen LogP contribution in [0.4, 0.5) is 11.5 Å². The number of likely N-dealkylation sites (tertiary alicyclic amines) is 1. The summed E-state index contributed by atoms with van der Waals surface area (Å²) in [6, 6.07) is 12.7. The van der Waals surface area contributed by atoms with Crippen molar-refractivity contribution in [3.8, 4) is 11.3 Å². The van der Waals surface area contributed by atoms with Crippen molar-refractivity contribution in [2.24, 2.45) is 5.92 Å². The maximum absolute atomic E-state index is 12.4. The Balaban J connectivity index is 1.34. The summed E-state index contributed by atoms with van der Waals surface area (Å²) in [6.07, 6.45) is 5.89. The zero-order valence-electron chi connectivity index (χ0n) is 18.2. The van der Waals surface area contributed by atoms with E-state index in [0.717, 1.165) is 31.4 Å². The lowest BCUT2D eigenvalue weighted by atomic mass is 10.1. The Morgan fingerprint density at radius 1 is 1.06 bits per heavy atom. The summed E-state index contributed by atoms with van der Waals surface area (Å²) in [4.78, 5) is 38.6. The number of nitrogens with zero attached hydrogens (tertiary/aromatic N) is 6. The summed E-state index contributed by atoms with van der Waals surface area (Å²) >= 11 is 0. The highest BCUT2D eigenvalue weighted by Crippen LogP contribution is 2.45. The van der Waals surface area contributed by atoms with Crippen LogP contribution in [0, 0.1) is 5.92 Å². The molecule has 2 fully saturated rings. The van der Waals surface area contributed by atoms with Crippen molar-refractivity contribution >= 4 is 34.9 Å². The van der Waals surface area contributed by atoms with E-state index in [1.54, 1.807) is 24.4 Å². The van der Waals surface area contributed by atoms with Gasteiger partial charge in [0.2, 0.25) is 6.41 Å². The van der Waals surface area contributed by atoms with Gasteiger partial charge in [0.05, 0.1) is 17.5 Å². The number of rotatable bonds is 5. The van der Waals surface area contributed by atoms with Crippen LogP contribution in [0.3, 0.4) is 0 Å². The maximum atomic E-state index is 12.4. The number of hydrogen-bond acceptors (Lipinski definition) is 7. The molecular formula is C24H22N8O2. The Morgan fingerprint density at radius 2 is 1.88 bits per heavy atom. The number of anilines is 2. The van der Waals surface area contributed by atoms with Crippen LogP contribution < -0.4 is 11.1 Å². The fourth-order valence-corrected chi connectivity index (χ4v) is 5.25. The first kappa shape index (κ1) is 20.3. The lowest BCUT2D eigenvalue weighted by Crippen LogP contribution is -2.38. The van der Waals surface area contributed by atoms with E-state index >= 15 is 0 Å². The molecule has 2 amide bonds. The van der Waals surface area contributed by atoms with Gasteiger partial charge in [-0.15, -0.1) is 0 Å². The van der Waals surface area contributed by atoms with E-state index in [-0.39, 0.29) is 18.0 Å². The van der Waals surface area contributed by atoms with Gasteiger partial charge in [-0.05, 0) is 43.0 Å². The summed E-state index contributed by atoms with van der Waals surface area (Å²) in [5.74, 6) is 0.551. The molecule has 2 aliphatic rings. The number of pyridine rings is 1. The van der Waals surface area contributed by atoms with E-state index < -0.39 is 0 Å². The molecule has 3 unspecified atom stereocenters. The molecule has 1 saturated carbocycles. The maximum Gasteiger partial charge on any atom is 0.274 e. The Morgan fingerprint density at radius 3 is 2.62 bits per heavy atom. The first-order valence-electron chi connectivity index (χ1n) is 11.1. The molecule has 170 valence electrons. The molecule has 1 aliphatic carbocycles. The predicted octanol–water partition coefficient (Wildman–Crippen LogP) is 2.51. The lowest BCUT2D eigenvalue weighted by molar-refractivity contribution is -0.120. The smallest absolute Gasteiger partial charge is 0.274 e. The van der Waals surface area contributed by atoms with Crippen LogP contribution in [0.15, 0.2) is 55.0 Å². The monoisotopic (exact) mass is 454 g/mol. The van der Waals surface area contributed by atoms with E-state index in [4.69, 9.17) is 10.8 Å². The number of fused-ring (bicyclic) bond motifs is 3. The van der Waals surface area contributed by atoms with Gasteiger partial charge in [0.1, 0.15) is 23.5 Å². The molecule has 0 radical (unpaired) electrons. The third-order valence-corrected chi connectivity index (χ3v) is 6.77. The van der Waals surface area contributed by atoms with Gasteiger partial charge in [0.25, 0.3) is 5.91 Å². The van der Waals surface area contributed by atoms with Crippen LogP contribution in [-0.4, -0.2) is 54.5 Å². The predicted molar refractivity (Wildman–Crippen MR) is 126 cm³/mol.